The maximum atomic E-state index is 13.0. The summed E-state index contributed by atoms with van der Waals surface area (Å²) < 4.78 is 43.9. The van der Waals surface area contributed by atoms with Gasteiger partial charge in [-0.2, -0.15) is 0 Å². The van der Waals surface area contributed by atoms with Crippen molar-refractivity contribution in [2.24, 2.45) is 0 Å². The van der Waals surface area contributed by atoms with Crippen LogP contribution in [0.25, 0.3) is 0 Å². The van der Waals surface area contributed by atoms with E-state index >= 15 is 0 Å². The van der Waals surface area contributed by atoms with Crippen LogP contribution in [-0.4, -0.2) is 81.7 Å². The molecule has 190 valence electrons. The highest BCUT2D eigenvalue weighted by Crippen LogP contribution is 2.36. The molecular weight excluding hydrogens is 460 g/mol. The quantitative estimate of drug-likeness (QED) is 0.655. The van der Waals surface area contributed by atoms with Crippen LogP contribution < -0.4 is 14.8 Å². The zero-order chi connectivity index (χ0) is 24.3. The number of anilines is 1. The lowest BCUT2D eigenvalue weighted by Crippen LogP contribution is -2.50. The van der Waals surface area contributed by atoms with Gasteiger partial charge in [0.25, 0.3) is 0 Å². The first kappa shape index (κ1) is 25.0. The lowest BCUT2D eigenvalue weighted by atomic mass is 9.85. The molecule has 0 spiro atoms. The van der Waals surface area contributed by atoms with Crippen molar-refractivity contribution in [3.63, 3.8) is 0 Å². The van der Waals surface area contributed by atoms with Gasteiger partial charge in [0.05, 0.1) is 38.7 Å². The van der Waals surface area contributed by atoms with Gasteiger partial charge in [0.1, 0.15) is 11.6 Å². The van der Waals surface area contributed by atoms with E-state index in [1.54, 1.807) is 12.0 Å². The van der Waals surface area contributed by atoms with E-state index in [1.165, 1.54) is 0 Å². The molecule has 2 fully saturated rings. The molecule has 11 heteroatoms. The Morgan fingerprint density at radius 2 is 2.00 bits per heavy atom. The number of carbonyl (C=O) groups is 1. The fraction of sp³-hybridized carbons (Fsp3) is 0.739. The lowest BCUT2D eigenvalue weighted by molar-refractivity contribution is -0.0105. The van der Waals surface area contributed by atoms with Crippen molar-refractivity contribution in [3.05, 3.63) is 17.8 Å². The number of methoxy groups -OCH3 is 1. The van der Waals surface area contributed by atoms with E-state index < -0.39 is 28.2 Å². The maximum absolute atomic E-state index is 13.0. The van der Waals surface area contributed by atoms with Gasteiger partial charge in [-0.1, -0.05) is 0 Å². The van der Waals surface area contributed by atoms with Crippen molar-refractivity contribution in [1.29, 1.82) is 0 Å². The molecule has 1 saturated heterocycles. The smallest absolute Gasteiger partial charge is 0.410 e. The van der Waals surface area contributed by atoms with Crippen LogP contribution in [0.2, 0.25) is 0 Å². The summed E-state index contributed by atoms with van der Waals surface area (Å²) in [5.74, 6) is 1.86. The summed E-state index contributed by atoms with van der Waals surface area (Å²) in [6, 6.07) is 2.91. The zero-order valence-electron chi connectivity index (χ0n) is 20.2. The SMILES string of the molecule is COc1cc2nc(c1)C1CCC(CC1)OCC1C(NS(C)(=O)=O)CC(C)N1C(=O)OCCCN2. The molecule has 1 amide bonds. The Morgan fingerprint density at radius 1 is 1.24 bits per heavy atom. The first-order valence-corrected chi connectivity index (χ1v) is 14.0. The first-order chi connectivity index (χ1) is 16.2. The van der Waals surface area contributed by atoms with Crippen LogP contribution >= 0.6 is 0 Å². The van der Waals surface area contributed by atoms with Gasteiger partial charge in [-0.05, 0) is 45.4 Å². The third-order valence-corrected chi connectivity index (χ3v) is 7.70. The van der Waals surface area contributed by atoms with Crippen LogP contribution in [0.5, 0.6) is 5.75 Å². The average molecular weight is 497 g/mol. The molecule has 1 aromatic rings. The van der Waals surface area contributed by atoms with Gasteiger partial charge in [-0.3, -0.25) is 4.90 Å². The van der Waals surface area contributed by atoms with Crippen molar-refractivity contribution < 1.29 is 27.4 Å². The fourth-order valence-corrected chi connectivity index (χ4v) is 6.10. The van der Waals surface area contributed by atoms with Crippen molar-refractivity contribution in [3.8, 4) is 5.75 Å². The average Bonchev–Trinajstić information content (AvgIpc) is 3.09. The summed E-state index contributed by atoms with van der Waals surface area (Å²) >= 11 is 0. The second-order valence-corrected chi connectivity index (χ2v) is 11.4. The number of rotatable bonds is 3. The molecule has 10 nitrogen and oxygen atoms in total. The molecule has 3 aliphatic heterocycles. The number of amides is 1. The number of sulfonamides is 1. The monoisotopic (exact) mass is 496 g/mol. The molecular formula is C23H36N4O6S. The molecule has 4 heterocycles. The third-order valence-electron chi connectivity index (χ3n) is 6.97. The fourth-order valence-electron chi connectivity index (χ4n) is 5.30. The van der Waals surface area contributed by atoms with Gasteiger partial charge in [0.2, 0.25) is 10.0 Å². The molecule has 3 unspecified atom stereocenters. The van der Waals surface area contributed by atoms with Gasteiger partial charge >= 0.3 is 6.09 Å². The normalized spacial score (nSPS) is 30.7. The molecule has 1 aromatic heterocycles. The molecule has 0 aromatic carbocycles. The van der Waals surface area contributed by atoms with Crippen molar-refractivity contribution in [2.75, 3.05) is 38.4 Å². The summed E-state index contributed by atoms with van der Waals surface area (Å²) in [4.78, 5) is 19.4. The van der Waals surface area contributed by atoms with Gasteiger partial charge in [0.15, 0.2) is 0 Å². The maximum Gasteiger partial charge on any atom is 0.410 e. The summed E-state index contributed by atoms with van der Waals surface area (Å²) in [5, 5.41) is 3.32. The number of nitrogens with zero attached hydrogens (tertiary/aromatic N) is 2. The number of carbonyl (C=O) groups excluding carboxylic acids is 1. The standard InChI is InChI=1S/C23H36N4O6S/c1-15-11-20(26-34(3,29)30)21-14-33-17-7-5-16(6-8-17)19-12-18(31-2)13-22(25-19)24-9-4-10-32-23(28)27(15)21/h12-13,15-17,20-21,26H,4-11,14H2,1-3H3,(H,24,25). The Hall–Kier alpha value is -2.11. The number of hydrogen-bond donors (Lipinski definition) is 2. The van der Waals surface area contributed by atoms with Crippen molar-refractivity contribution in [2.45, 2.75) is 75.6 Å². The molecule has 1 aliphatic carbocycles. The number of fused-ring (bicyclic) bond motifs is 8. The summed E-state index contributed by atoms with van der Waals surface area (Å²) in [6.07, 6.45) is 5.55. The summed E-state index contributed by atoms with van der Waals surface area (Å²) in [6.45, 7) is 3.03. The van der Waals surface area contributed by atoms with E-state index in [0.717, 1.165) is 49.2 Å². The number of ether oxygens (including phenoxy) is 3. The van der Waals surface area contributed by atoms with Gasteiger partial charge in [0, 0.05) is 42.4 Å². The van der Waals surface area contributed by atoms with E-state index in [9.17, 15) is 13.2 Å². The van der Waals surface area contributed by atoms with Crippen molar-refractivity contribution >= 4 is 21.9 Å². The minimum Gasteiger partial charge on any atom is -0.497 e. The second-order valence-electron chi connectivity index (χ2n) is 9.57. The molecule has 3 atom stereocenters. The number of hydrogen-bond acceptors (Lipinski definition) is 8. The van der Waals surface area contributed by atoms with E-state index in [-0.39, 0.29) is 25.4 Å². The van der Waals surface area contributed by atoms with E-state index in [1.807, 2.05) is 19.1 Å². The van der Waals surface area contributed by atoms with Crippen molar-refractivity contribution in [1.82, 2.24) is 14.6 Å². The molecule has 0 radical (unpaired) electrons. The van der Waals surface area contributed by atoms with Gasteiger partial charge in [-0.15, -0.1) is 0 Å². The molecule has 1 saturated carbocycles. The first-order valence-electron chi connectivity index (χ1n) is 12.1. The highest BCUT2D eigenvalue weighted by Gasteiger charge is 2.44. The van der Waals surface area contributed by atoms with Crippen LogP contribution in [0.15, 0.2) is 12.1 Å². The summed E-state index contributed by atoms with van der Waals surface area (Å²) in [7, 11) is -1.77. The highest BCUT2D eigenvalue weighted by atomic mass is 32.2. The van der Waals surface area contributed by atoms with Gasteiger partial charge in [-0.25, -0.2) is 22.9 Å². The van der Waals surface area contributed by atoms with Crippen LogP contribution in [0.1, 0.15) is 57.1 Å². The summed E-state index contributed by atoms with van der Waals surface area (Å²) in [5.41, 5.74) is 1.02. The van der Waals surface area contributed by atoms with E-state index in [0.29, 0.717) is 25.3 Å². The van der Waals surface area contributed by atoms with Crippen LogP contribution in [-0.2, 0) is 19.5 Å². The third kappa shape index (κ3) is 6.11. The molecule has 2 N–H and O–H groups in total. The Balaban J connectivity index is 1.53. The highest BCUT2D eigenvalue weighted by molar-refractivity contribution is 7.88. The largest absolute Gasteiger partial charge is 0.497 e. The zero-order valence-corrected chi connectivity index (χ0v) is 21.0. The molecule has 34 heavy (non-hydrogen) atoms. The topological polar surface area (TPSA) is 119 Å². The molecule has 4 bridgehead atoms. The number of pyridine rings is 1. The number of aromatic nitrogens is 1. The minimum atomic E-state index is -3.43. The van der Waals surface area contributed by atoms with Crippen LogP contribution in [0.4, 0.5) is 10.6 Å². The number of nitrogens with one attached hydrogen (secondary N) is 2. The Bertz CT molecular complexity index is 966. The molecule has 4 aliphatic rings. The second kappa shape index (κ2) is 10.7. The van der Waals surface area contributed by atoms with Crippen LogP contribution in [0.3, 0.4) is 0 Å². The van der Waals surface area contributed by atoms with Gasteiger partial charge < -0.3 is 19.5 Å². The Kier molecular flexibility index (Phi) is 7.83. The van der Waals surface area contributed by atoms with Crippen LogP contribution in [0, 0.1) is 0 Å². The lowest BCUT2D eigenvalue weighted by Gasteiger charge is -2.33. The molecule has 5 rings (SSSR count). The Labute approximate surface area is 201 Å². The van der Waals surface area contributed by atoms with E-state index in [2.05, 4.69) is 10.0 Å². The Morgan fingerprint density at radius 3 is 2.71 bits per heavy atom. The predicted molar refractivity (Wildman–Crippen MR) is 128 cm³/mol. The van der Waals surface area contributed by atoms with E-state index in [4.69, 9.17) is 19.2 Å². The minimum absolute atomic E-state index is 0.0581. The predicted octanol–water partition coefficient (Wildman–Crippen LogP) is 2.47.